The number of anilines is 2. The van der Waals surface area contributed by atoms with Gasteiger partial charge < -0.3 is 14.5 Å². The Morgan fingerprint density at radius 1 is 1.25 bits per heavy atom. The van der Waals surface area contributed by atoms with Gasteiger partial charge in [0.25, 0.3) is 5.91 Å². The van der Waals surface area contributed by atoms with Crippen molar-refractivity contribution in [2.24, 2.45) is 0 Å². The van der Waals surface area contributed by atoms with Crippen LogP contribution >= 0.6 is 22.7 Å². The largest absolute Gasteiger partial charge is 0.466 e. The van der Waals surface area contributed by atoms with Crippen molar-refractivity contribution in [1.29, 1.82) is 0 Å². The standard InChI is InChI=1S/C20H21N5O5S2/c1-2-29-17(27)8-12-11-31-19(21-12)23-16(26)10-25-6-5-13-15(9-25)32-20(22-13)24-18(28)14-4-3-7-30-14/h3-4,7,11H,2,5-6,8-10H2,1H3,(H,21,23,26)(H,22,24,28). The smallest absolute Gasteiger partial charge is 0.311 e. The van der Waals surface area contributed by atoms with Gasteiger partial charge in [0.05, 0.1) is 37.2 Å². The monoisotopic (exact) mass is 475 g/mol. The van der Waals surface area contributed by atoms with Crippen molar-refractivity contribution >= 4 is 50.7 Å². The van der Waals surface area contributed by atoms with Crippen LogP contribution in [0.5, 0.6) is 0 Å². The van der Waals surface area contributed by atoms with Crippen molar-refractivity contribution in [3.05, 3.63) is 45.8 Å². The molecule has 0 fully saturated rings. The first kappa shape index (κ1) is 22.1. The summed E-state index contributed by atoms with van der Waals surface area (Å²) in [4.78, 5) is 47.9. The number of hydrogen-bond acceptors (Lipinski definition) is 10. The summed E-state index contributed by atoms with van der Waals surface area (Å²) in [6, 6.07) is 3.24. The van der Waals surface area contributed by atoms with E-state index in [-0.39, 0.29) is 36.5 Å². The lowest BCUT2D eigenvalue weighted by Gasteiger charge is -2.24. The molecule has 10 nitrogen and oxygen atoms in total. The van der Waals surface area contributed by atoms with Crippen LogP contribution in [-0.4, -0.2) is 52.3 Å². The van der Waals surface area contributed by atoms with E-state index in [1.165, 1.54) is 28.9 Å². The summed E-state index contributed by atoms with van der Waals surface area (Å²) in [5.41, 5.74) is 1.50. The third kappa shape index (κ3) is 5.58. The van der Waals surface area contributed by atoms with Crippen LogP contribution in [-0.2, 0) is 33.7 Å². The van der Waals surface area contributed by atoms with Crippen molar-refractivity contribution in [3.8, 4) is 0 Å². The van der Waals surface area contributed by atoms with Gasteiger partial charge in [-0.25, -0.2) is 9.97 Å². The Morgan fingerprint density at radius 2 is 2.12 bits per heavy atom. The number of aromatic nitrogens is 2. The van der Waals surface area contributed by atoms with Gasteiger partial charge in [-0.05, 0) is 19.1 Å². The highest BCUT2D eigenvalue weighted by atomic mass is 32.1. The maximum Gasteiger partial charge on any atom is 0.311 e. The number of ether oxygens (including phenoxy) is 1. The number of rotatable bonds is 8. The quantitative estimate of drug-likeness (QED) is 0.476. The second kappa shape index (κ2) is 10.0. The number of amides is 2. The number of carbonyl (C=O) groups is 3. The number of carbonyl (C=O) groups excluding carboxylic acids is 3. The fraction of sp³-hybridized carbons (Fsp3) is 0.350. The van der Waals surface area contributed by atoms with Crippen LogP contribution in [0.1, 0.15) is 33.7 Å². The first-order valence-corrected chi connectivity index (χ1v) is 11.7. The summed E-state index contributed by atoms with van der Waals surface area (Å²) >= 11 is 2.67. The van der Waals surface area contributed by atoms with E-state index in [1.54, 1.807) is 24.4 Å². The Hall–Kier alpha value is -3.09. The lowest BCUT2D eigenvalue weighted by molar-refractivity contribution is -0.142. The Bertz CT molecular complexity index is 1110. The lowest BCUT2D eigenvalue weighted by Crippen LogP contribution is -2.36. The molecule has 1 aliphatic heterocycles. The van der Waals surface area contributed by atoms with Gasteiger partial charge in [-0.1, -0.05) is 0 Å². The number of thiazole rings is 2. The van der Waals surface area contributed by atoms with Gasteiger partial charge in [0.2, 0.25) is 5.91 Å². The number of hydrogen-bond donors (Lipinski definition) is 2. The van der Waals surface area contributed by atoms with Gasteiger partial charge in [0.1, 0.15) is 0 Å². The molecule has 0 unspecified atom stereocenters. The highest BCUT2D eigenvalue weighted by Gasteiger charge is 2.23. The van der Waals surface area contributed by atoms with Crippen LogP contribution in [0.25, 0.3) is 0 Å². The summed E-state index contributed by atoms with van der Waals surface area (Å²) < 4.78 is 10.0. The molecular formula is C20H21N5O5S2. The van der Waals surface area contributed by atoms with E-state index in [9.17, 15) is 14.4 Å². The maximum atomic E-state index is 12.5. The summed E-state index contributed by atoms with van der Waals surface area (Å²) in [7, 11) is 0. The van der Waals surface area contributed by atoms with Crippen molar-refractivity contribution in [2.75, 3.05) is 30.3 Å². The zero-order valence-electron chi connectivity index (χ0n) is 17.3. The minimum Gasteiger partial charge on any atom is -0.466 e. The molecule has 3 aromatic heterocycles. The zero-order valence-corrected chi connectivity index (χ0v) is 18.9. The normalized spacial score (nSPS) is 13.4. The predicted molar refractivity (Wildman–Crippen MR) is 119 cm³/mol. The number of fused-ring (bicyclic) bond motifs is 1. The minimum absolute atomic E-state index is 0.0826. The van der Waals surface area contributed by atoms with E-state index in [0.717, 1.165) is 10.6 Å². The summed E-state index contributed by atoms with van der Waals surface area (Å²) in [6.07, 6.45) is 2.22. The van der Waals surface area contributed by atoms with E-state index in [2.05, 4.69) is 20.6 Å². The van der Waals surface area contributed by atoms with Crippen LogP contribution in [0, 0.1) is 0 Å². The van der Waals surface area contributed by atoms with Crippen molar-refractivity contribution in [2.45, 2.75) is 26.3 Å². The van der Waals surface area contributed by atoms with Crippen molar-refractivity contribution in [1.82, 2.24) is 14.9 Å². The molecule has 0 bridgehead atoms. The van der Waals surface area contributed by atoms with Gasteiger partial charge in [-0.15, -0.1) is 22.7 Å². The Balaban J connectivity index is 1.28. The number of furan rings is 1. The number of nitrogens with zero attached hydrogens (tertiary/aromatic N) is 3. The summed E-state index contributed by atoms with van der Waals surface area (Å²) in [5.74, 6) is -0.641. The number of nitrogens with one attached hydrogen (secondary N) is 2. The second-order valence-electron chi connectivity index (χ2n) is 6.95. The van der Waals surface area contributed by atoms with Crippen molar-refractivity contribution in [3.63, 3.8) is 0 Å². The van der Waals surface area contributed by atoms with E-state index in [4.69, 9.17) is 9.15 Å². The van der Waals surface area contributed by atoms with Crippen LogP contribution in [0.2, 0.25) is 0 Å². The van der Waals surface area contributed by atoms with E-state index >= 15 is 0 Å². The molecule has 1 aliphatic rings. The molecule has 2 amide bonds. The lowest BCUT2D eigenvalue weighted by atomic mass is 10.2. The molecule has 2 N–H and O–H groups in total. The maximum absolute atomic E-state index is 12.5. The van der Waals surface area contributed by atoms with Gasteiger partial charge in [0, 0.05) is 29.8 Å². The number of esters is 1. The SMILES string of the molecule is CCOC(=O)Cc1csc(NC(=O)CN2CCc3nc(NC(=O)c4ccco4)sc3C2)n1. The first-order valence-electron chi connectivity index (χ1n) is 9.96. The molecular weight excluding hydrogens is 454 g/mol. The van der Waals surface area contributed by atoms with Crippen LogP contribution in [0.4, 0.5) is 10.3 Å². The third-order valence-corrected chi connectivity index (χ3v) is 6.38. The molecule has 32 heavy (non-hydrogen) atoms. The molecule has 4 heterocycles. The highest BCUT2D eigenvalue weighted by Crippen LogP contribution is 2.28. The molecule has 0 atom stereocenters. The molecule has 12 heteroatoms. The van der Waals surface area contributed by atoms with Gasteiger partial charge >= 0.3 is 5.97 Å². The van der Waals surface area contributed by atoms with Gasteiger partial charge in [-0.3, -0.25) is 24.6 Å². The molecule has 0 saturated carbocycles. The Morgan fingerprint density at radius 3 is 2.91 bits per heavy atom. The Kier molecular flexibility index (Phi) is 6.93. The van der Waals surface area contributed by atoms with Crippen LogP contribution in [0.3, 0.4) is 0 Å². The van der Waals surface area contributed by atoms with Crippen molar-refractivity contribution < 1.29 is 23.5 Å². The summed E-state index contributed by atoms with van der Waals surface area (Å²) in [5, 5.41) is 8.23. The topological polar surface area (TPSA) is 127 Å². The fourth-order valence-electron chi connectivity index (χ4n) is 3.17. The zero-order chi connectivity index (χ0) is 22.5. The summed E-state index contributed by atoms with van der Waals surface area (Å²) in [6.45, 7) is 3.53. The van der Waals surface area contributed by atoms with E-state index in [1.807, 2.05) is 4.90 Å². The second-order valence-corrected chi connectivity index (χ2v) is 8.90. The molecule has 0 saturated heterocycles. The van der Waals surface area contributed by atoms with E-state index in [0.29, 0.717) is 42.1 Å². The molecule has 0 spiro atoms. The first-order chi connectivity index (χ1) is 15.5. The average Bonchev–Trinajstić information content (AvgIpc) is 3.48. The van der Waals surface area contributed by atoms with Gasteiger partial charge in [0.15, 0.2) is 16.0 Å². The molecule has 168 valence electrons. The van der Waals surface area contributed by atoms with Crippen LogP contribution in [0.15, 0.2) is 28.2 Å². The molecule has 0 radical (unpaired) electrons. The molecule has 3 aromatic rings. The highest BCUT2D eigenvalue weighted by molar-refractivity contribution is 7.16. The average molecular weight is 476 g/mol. The van der Waals surface area contributed by atoms with Crippen LogP contribution < -0.4 is 10.6 Å². The molecule has 4 rings (SSSR count). The molecule has 0 aliphatic carbocycles. The van der Waals surface area contributed by atoms with E-state index < -0.39 is 0 Å². The fourth-order valence-corrected chi connectivity index (χ4v) is 4.94. The molecule has 0 aromatic carbocycles. The predicted octanol–water partition coefficient (Wildman–Crippen LogP) is 2.55. The third-order valence-electron chi connectivity index (χ3n) is 4.57. The van der Waals surface area contributed by atoms with Gasteiger partial charge in [-0.2, -0.15) is 0 Å². The minimum atomic E-state index is -0.344. The Labute approximate surface area is 191 Å².